The van der Waals surface area contributed by atoms with Crippen molar-refractivity contribution in [1.82, 2.24) is 10.6 Å². The lowest BCUT2D eigenvalue weighted by Crippen LogP contribution is -2.28. The highest BCUT2D eigenvalue weighted by molar-refractivity contribution is 5.84. The number of hydrogen-bond acceptors (Lipinski definition) is 3. The Bertz CT molecular complexity index is 382. The van der Waals surface area contributed by atoms with Crippen molar-refractivity contribution >= 4 is 11.7 Å². The van der Waals surface area contributed by atoms with Gasteiger partial charge >= 0.3 is 0 Å². The van der Waals surface area contributed by atoms with Gasteiger partial charge in [-0.25, -0.2) is 0 Å². The molecule has 0 spiro atoms. The molecule has 27 heavy (non-hydrogen) atoms. The largest absolute Gasteiger partial charge is 0.372 e. The van der Waals surface area contributed by atoms with Crippen LogP contribution in [0.2, 0.25) is 0 Å². The van der Waals surface area contributed by atoms with Crippen LogP contribution in [-0.2, 0) is 4.79 Å². The predicted octanol–water partition coefficient (Wildman–Crippen LogP) is 5.76. The third kappa shape index (κ3) is 15.7. The summed E-state index contributed by atoms with van der Waals surface area (Å²) in [6.45, 7) is 4.82. The highest BCUT2D eigenvalue weighted by Gasteiger charge is 2.05. The zero-order chi connectivity index (χ0) is 19.4. The van der Waals surface area contributed by atoms with E-state index in [0.717, 1.165) is 31.8 Å². The van der Waals surface area contributed by atoms with E-state index in [1.165, 1.54) is 89.9 Å². The Labute approximate surface area is 168 Å². The van der Waals surface area contributed by atoms with E-state index < -0.39 is 0 Å². The summed E-state index contributed by atoms with van der Waals surface area (Å²) in [6.07, 6.45) is 21.9. The second-order valence-electron chi connectivity index (χ2n) is 8.05. The lowest BCUT2D eigenvalue weighted by atomic mass is 10.0. The van der Waals surface area contributed by atoms with Crippen molar-refractivity contribution in [2.45, 2.75) is 116 Å². The number of carbonyl (C=O) groups excluding carboxylic acids is 1. The van der Waals surface area contributed by atoms with Gasteiger partial charge in [0.2, 0.25) is 5.91 Å². The summed E-state index contributed by atoms with van der Waals surface area (Å²) in [5, 5.41) is 6.23. The number of unbranched alkanes of at least 4 members (excludes halogenated alkanes) is 14. The lowest BCUT2D eigenvalue weighted by Gasteiger charge is -2.06. The van der Waals surface area contributed by atoms with Gasteiger partial charge in [0.15, 0.2) is 0 Å². The Balaban J connectivity index is 1.71. The first kappa shape index (κ1) is 24.0. The Morgan fingerprint density at radius 3 is 1.85 bits per heavy atom. The zero-order valence-corrected chi connectivity index (χ0v) is 18.0. The van der Waals surface area contributed by atoms with E-state index in [1.807, 2.05) is 0 Å². The molecule has 0 saturated carbocycles. The van der Waals surface area contributed by atoms with Crippen molar-refractivity contribution in [3.05, 3.63) is 0 Å². The first-order chi connectivity index (χ1) is 13.3. The molecule has 0 bridgehead atoms. The standard InChI is InChI=1S/C23H45N3O/c1-2-3-4-5-6-7-8-9-10-11-12-13-14-15-16-17-23(27)26-19-18-22-24-20-21-25-22/h2-21H2,1H3,(H,24,25)(H,26,27). The molecule has 0 aliphatic carbocycles. The molecule has 0 unspecified atom stereocenters. The van der Waals surface area contributed by atoms with Gasteiger partial charge < -0.3 is 10.6 Å². The first-order valence-electron chi connectivity index (χ1n) is 11.9. The number of nitrogens with zero attached hydrogens (tertiary/aromatic N) is 1. The number of nitrogens with one attached hydrogen (secondary N) is 2. The highest BCUT2D eigenvalue weighted by Crippen LogP contribution is 2.13. The fourth-order valence-electron chi connectivity index (χ4n) is 3.68. The van der Waals surface area contributed by atoms with Crippen LogP contribution < -0.4 is 10.6 Å². The van der Waals surface area contributed by atoms with Gasteiger partial charge in [-0.15, -0.1) is 0 Å². The fourth-order valence-corrected chi connectivity index (χ4v) is 3.68. The molecule has 158 valence electrons. The van der Waals surface area contributed by atoms with E-state index in [-0.39, 0.29) is 5.91 Å². The first-order valence-corrected chi connectivity index (χ1v) is 11.9. The van der Waals surface area contributed by atoms with Crippen molar-refractivity contribution < 1.29 is 4.79 Å². The summed E-state index contributed by atoms with van der Waals surface area (Å²) in [6, 6.07) is 0. The Morgan fingerprint density at radius 1 is 0.852 bits per heavy atom. The molecule has 4 nitrogen and oxygen atoms in total. The average molecular weight is 380 g/mol. The molecular formula is C23H45N3O. The second kappa shape index (κ2) is 18.3. The summed E-state index contributed by atoms with van der Waals surface area (Å²) < 4.78 is 0. The summed E-state index contributed by atoms with van der Waals surface area (Å²) in [4.78, 5) is 16.1. The predicted molar refractivity (Wildman–Crippen MR) is 117 cm³/mol. The summed E-state index contributed by atoms with van der Waals surface area (Å²) >= 11 is 0. The van der Waals surface area contributed by atoms with Crippen LogP contribution in [0.3, 0.4) is 0 Å². The van der Waals surface area contributed by atoms with Crippen LogP contribution in [0, 0.1) is 0 Å². The molecule has 4 heteroatoms. The number of rotatable bonds is 19. The number of amidine groups is 1. The zero-order valence-electron chi connectivity index (χ0n) is 18.0. The minimum Gasteiger partial charge on any atom is -0.372 e. The van der Waals surface area contributed by atoms with E-state index >= 15 is 0 Å². The summed E-state index contributed by atoms with van der Waals surface area (Å²) in [5.41, 5.74) is 0. The third-order valence-corrected chi connectivity index (χ3v) is 5.43. The molecule has 2 N–H and O–H groups in total. The van der Waals surface area contributed by atoms with Crippen molar-refractivity contribution in [3.63, 3.8) is 0 Å². The topological polar surface area (TPSA) is 53.5 Å². The molecule has 0 radical (unpaired) electrons. The number of amides is 1. The quantitative estimate of drug-likeness (QED) is 0.280. The average Bonchev–Trinajstić information content (AvgIpc) is 3.18. The van der Waals surface area contributed by atoms with E-state index in [0.29, 0.717) is 13.0 Å². The molecule has 0 atom stereocenters. The van der Waals surface area contributed by atoms with E-state index in [4.69, 9.17) is 0 Å². The maximum Gasteiger partial charge on any atom is 0.220 e. The Hall–Kier alpha value is -1.06. The smallest absolute Gasteiger partial charge is 0.220 e. The van der Waals surface area contributed by atoms with Crippen molar-refractivity contribution in [2.75, 3.05) is 19.6 Å². The molecule has 1 rings (SSSR count). The minimum atomic E-state index is 0.197. The van der Waals surface area contributed by atoms with E-state index in [1.54, 1.807) is 0 Å². The third-order valence-electron chi connectivity index (χ3n) is 5.43. The minimum absolute atomic E-state index is 0.197. The van der Waals surface area contributed by atoms with Crippen molar-refractivity contribution in [1.29, 1.82) is 0 Å². The van der Waals surface area contributed by atoms with Gasteiger partial charge in [-0.2, -0.15) is 0 Å². The molecule has 0 aromatic heterocycles. The molecule has 0 fully saturated rings. The molecule has 1 heterocycles. The number of hydrogen-bond donors (Lipinski definition) is 2. The SMILES string of the molecule is CCCCCCCCCCCCCCCCCC(=O)NCCC1=NCCN1. The summed E-state index contributed by atoms with van der Waals surface area (Å²) in [7, 11) is 0. The molecule has 1 aliphatic heterocycles. The highest BCUT2D eigenvalue weighted by atomic mass is 16.1. The van der Waals surface area contributed by atoms with Crippen LogP contribution in [0.5, 0.6) is 0 Å². The molecule has 1 amide bonds. The second-order valence-corrected chi connectivity index (χ2v) is 8.05. The van der Waals surface area contributed by atoms with Gasteiger partial charge in [0.25, 0.3) is 0 Å². The molecule has 0 saturated heterocycles. The van der Waals surface area contributed by atoms with Gasteiger partial charge in [0.1, 0.15) is 0 Å². The van der Waals surface area contributed by atoms with Crippen LogP contribution in [0.4, 0.5) is 0 Å². The molecular weight excluding hydrogens is 334 g/mol. The lowest BCUT2D eigenvalue weighted by molar-refractivity contribution is -0.121. The van der Waals surface area contributed by atoms with E-state index in [2.05, 4.69) is 22.5 Å². The van der Waals surface area contributed by atoms with Gasteiger partial charge in [-0.1, -0.05) is 96.8 Å². The Kier molecular flexibility index (Phi) is 16.3. The van der Waals surface area contributed by atoms with Gasteiger partial charge in [-0.05, 0) is 6.42 Å². The van der Waals surface area contributed by atoms with Crippen molar-refractivity contribution in [3.8, 4) is 0 Å². The monoisotopic (exact) mass is 379 g/mol. The number of aliphatic imine (C=N–C) groups is 1. The maximum absolute atomic E-state index is 11.8. The van der Waals surface area contributed by atoms with Crippen LogP contribution in [0.25, 0.3) is 0 Å². The molecule has 0 aromatic carbocycles. The fraction of sp³-hybridized carbons (Fsp3) is 0.913. The van der Waals surface area contributed by atoms with E-state index in [9.17, 15) is 4.79 Å². The molecule has 1 aliphatic rings. The summed E-state index contributed by atoms with van der Waals surface area (Å²) in [5.74, 6) is 1.24. The van der Waals surface area contributed by atoms with Crippen LogP contribution in [0.15, 0.2) is 4.99 Å². The Morgan fingerprint density at radius 2 is 1.37 bits per heavy atom. The normalized spacial score (nSPS) is 13.4. The van der Waals surface area contributed by atoms with Crippen LogP contribution >= 0.6 is 0 Å². The van der Waals surface area contributed by atoms with Gasteiger partial charge in [-0.3, -0.25) is 9.79 Å². The molecule has 0 aromatic rings. The van der Waals surface area contributed by atoms with Crippen LogP contribution in [-0.4, -0.2) is 31.4 Å². The van der Waals surface area contributed by atoms with Crippen molar-refractivity contribution in [2.24, 2.45) is 4.99 Å². The maximum atomic E-state index is 11.8. The van der Waals surface area contributed by atoms with Gasteiger partial charge in [0.05, 0.1) is 12.4 Å². The number of carbonyl (C=O) groups is 1. The van der Waals surface area contributed by atoms with Gasteiger partial charge in [0, 0.05) is 25.9 Å². The van der Waals surface area contributed by atoms with Crippen LogP contribution in [0.1, 0.15) is 116 Å².